The fraction of sp³-hybridized carbons (Fsp3) is 0.917. The topological polar surface area (TPSA) is 55.8 Å². The first kappa shape index (κ1) is 14.4. The zero-order valence-corrected chi connectivity index (χ0v) is 11.4. The number of nitrogens with one attached hydrogen (secondary N) is 1. The number of hydrogen-bond acceptors (Lipinski definition) is 4. The standard InChI is InChI=1S/C12H25N3O2/c1-5-13-10-6-7-15(11(10)16)9-12(2,17)8-14(3)4/h10,13,17H,5-9H2,1-4H3. The molecule has 1 aliphatic rings. The highest BCUT2D eigenvalue weighted by Crippen LogP contribution is 2.16. The summed E-state index contributed by atoms with van der Waals surface area (Å²) in [5.74, 6) is 0.117. The summed E-state index contributed by atoms with van der Waals surface area (Å²) in [6, 6.07) is -0.0600. The van der Waals surface area contributed by atoms with Crippen LogP contribution < -0.4 is 5.32 Å². The van der Waals surface area contributed by atoms with Gasteiger partial charge in [-0.05, 0) is 34.0 Å². The molecule has 0 radical (unpaired) electrons. The molecule has 1 heterocycles. The van der Waals surface area contributed by atoms with Gasteiger partial charge >= 0.3 is 0 Å². The van der Waals surface area contributed by atoms with Crippen LogP contribution in [0.1, 0.15) is 20.3 Å². The van der Waals surface area contributed by atoms with E-state index in [1.54, 1.807) is 11.8 Å². The number of nitrogens with zero attached hydrogens (tertiary/aromatic N) is 2. The fourth-order valence-corrected chi connectivity index (χ4v) is 2.47. The van der Waals surface area contributed by atoms with Gasteiger partial charge in [-0.2, -0.15) is 0 Å². The molecule has 0 aromatic carbocycles. The van der Waals surface area contributed by atoms with E-state index in [0.29, 0.717) is 13.1 Å². The predicted molar refractivity (Wildman–Crippen MR) is 67.8 cm³/mol. The number of carbonyl (C=O) groups is 1. The molecule has 1 rings (SSSR count). The van der Waals surface area contributed by atoms with Gasteiger partial charge in [0.05, 0.1) is 18.2 Å². The number of aliphatic hydroxyl groups is 1. The molecule has 0 bridgehead atoms. The van der Waals surface area contributed by atoms with Crippen molar-refractivity contribution in [3.05, 3.63) is 0 Å². The van der Waals surface area contributed by atoms with Gasteiger partial charge in [-0.25, -0.2) is 0 Å². The van der Waals surface area contributed by atoms with Crippen LogP contribution >= 0.6 is 0 Å². The maximum atomic E-state index is 12.0. The van der Waals surface area contributed by atoms with E-state index >= 15 is 0 Å². The van der Waals surface area contributed by atoms with Gasteiger partial charge in [0, 0.05) is 13.1 Å². The molecule has 0 aliphatic carbocycles. The Hall–Kier alpha value is -0.650. The zero-order chi connectivity index (χ0) is 13.1. The molecule has 1 fully saturated rings. The van der Waals surface area contributed by atoms with Crippen LogP contribution in [-0.2, 0) is 4.79 Å². The van der Waals surface area contributed by atoms with Crippen molar-refractivity contribution in [3.8, 4) is 0 Å². The third-order valence-corrected chi connectivity index (χ3v) is 2.94. The molecule has 1 amide bonds. The maximum absolute atomic E-state index is 12.0. The first-order valence-electron chi connectivity index (χ1n) is 6.25. The number of likely N-dealkylation sites (tertiary alicyclic amines) is 1. The average molecular weight is 243 g/mol. The molecular formula is C12H25N3O2. The summed E-state index contributed by atoms with van der Waals surface area (Å²) in [6.45, 7) is 6.28. The lowest BCUT2D eigenvalue weighted by atomic mass is 10.1. The number of likely N-dealkylation sites (N-methyl/N-ethyl adjacent to an activating group) is 2. The Morgan fingerprint density at radius 1 is 1.59 bits per heavy atom. The molecular weight excluding hydrogens is 218 g/mol. The summed E-state index contributed by atoms with van der Waals surface area (Å²) in [6.07, 6.45) is 0.838. The number of amides is 1. The summed E-state index contributed by atoms with van der Waals surface area (Å²) in [5.41, 5.74) is -0.847. The second-order valence-electron chi connectivity index (χ2n) is 5.39. The molecule has 1 aliphatic heterocycles. The van der Waals surface area contributed by atoms with Crippen molar-refractivity contribution in [1.29, 1.82) is 0 Å². The molecule has 100 valence electrons. The smallest absolute Gasteiger partial charge is 0.239 e. The van der Waals surface area contributed by atoms with Gasteiger partial charge < -0.3 is 20.2 Å². The average Bonchev–Trinajstić information content (AvgIpc) is 2.48. The summed E-state index contributed by atoms with van der Waals surface area (Å²) in [4.78, 5) is 15.7. The first-order chi connectivity index (χ1) is 7.85. The van der Waals surface area contributed by atoms with E-state index in [4.69, 9.17) is 0 Å². The SMILES string of the molecule is CCNC1CCN(CC(C)(O)CN(C)C)C1=O. The van der Waals surface area contributed by atoms with Crippen LogP contribution in [0, 0.1) is 0 Å². The molecule has 5 nitrogen and oxygen atoms in total. The monoisotopic (exact) mass is 243 g/mol. The quantitative estimate of drug-likeness (QED) is 0.661. The van der Waals surface area contributed by atoms with Gasteiger partial charge in [-0.3, -0.25) is 4.79 Å². The van der Waals surface area contributed by atoms with E-state index in [2.05, 4.69) is 5.32 Å². The minimum absolute atomic E-state index is 0.0600. The Balaban J connectivity index is 2.50. The molecule has 0 aromatic heterocycles. The summed E-state index contributed by atoms with van der Waals surface area (Å²) < 4.78 is 0. The van der Waals surface area contributed by atoms with Crippen molar-refractivity contribution < 1.29 is 9.90 Å². The van der Waals surface area contributed by atoms with E-state index in [1.807, 2.05) is 25.9 Å². The largest absolute Gasteiger partial charge is 0.387 e. The highest BCUT2D eigenvalue weighted by atomic mass is 16.3. The number of β-amino-alcohol motifs (C(OH)–C–C–N with tert-alkyl or cyclic N) is 1. The van der Waals surface area contributed by atoms with Crippen LogP contribution in [0.15, 0.2) is 0 Å². The lowest BCUT2D eigenvalue weighted by molar-refractivity contribution is -0.132. The molecule has 0 aromatic rings. The summed E-state index contributed by atoms with van der Waals surface area (Å²) in [5, 5.41) is 13.4. The van der Waals surface area contributed by atoms with E-state index in [1.165, 1.54) is 0 Å². The van der Waals surface area contributed by atoms with Gasteiger partial charge in [0.25, 0.3) is 0 Å². The van der Waals surface area contributed by atoms with Crippen molar-refractivity contribution in [2.45, 2.75) is 31.9 Å². The van der Waals surface area contributed by atoms with Crippen LogP contribution in [-0.4, -0.2) is 72.7 Å². The Kier molecular flexibility index (Phi) is 4.91. The number of hydrogen-bond donors (Lipinski definition) is 2. The lowest BCUT2D eigenvalue weighted by Crippen LogP contribution is -2.49. The normalized spacial score (nSPS) is 24.5. The van der Waals surface area contributed by atoms with Crippen molar-refractivity contribution in [3.63, 3.8) is 0 Å². The van der Waals surface area contributed by atoms with Crippen molar-refractivity contribution >= 4 is 5.91 Å². The van der Waals surface area contributed by atoms with Gasteiger partial charge in [0.2, 0.25) is 5.91 Å². The Bertz CT molecular complexity index is 266. The Labute approximate surface area is 104 Å². The van der Waals surface area contributed by atoms with Crippen LogP contribution in [0.3, 0.4) is 0 Å². The lowest BCUT2D eigenvalue weighted by Gasteiger charge is -2.31. The highest BCUT2D eigenvalue weighted by molar-refractivity contribution is 5.84. The van der Waals surface area contributed by atoms with E-state index in [0.717, 1.165) is 19.5 Å². The highest BCUT2D eigenvalue weighted by Gasteiger charge is 2.35. The van der Waals surface area contributed by atoms with Crippen LogP contribution in [0.5, 0.6) is 0 Å². The fourth-order valence-electron chi connectivity index (χ4n) is 2.47. The molecule has 2 unspecified atom stereocenters. The minimum Gasteiger partial charge on any atom is -0.387 e. The molecule has 0 saturated carbocycles. The molecule has 17 heavy (non-hydrogen) atoms. The molecule has 2 N–H and O–H groups in total. The molecule has 2 atom stereocenters. The van der Waals surface area contributed by atoms with E-state index < -0.39 is 5.60 Å². The third kappa shape index (κ3) is 4.26. The van der Waals surface area contributed by atoms with Crippen LogP contribution in [0.25, 0.3) is 0 Å². The van der Waals surface area contributed by atoms with Gasteiger partial charge in [0.15, 0.2) is 0 Å². The van der Waals surface area contributed by atoms with Crippen LogP contribution in [0.2, 0.25) is 0 Å². The second-order valence-corrected chi connectivity index (χ2v) is 5.39. The maximum Gasteiger partial charge on any atom is 0.239 e. The van der Waals surface area contributed by atoms with Crippen LogP contribution in [0.4, 0.5) is 0 Å². The predicted octanol–water partition coefficient (Wildman–Crippen LogP) is -0.491. The Morgan fingerprint density at radius 3 is 2.76 bits per heavy atom. The Morgan fingerprint density at radius 2 is 2.24 bits per heavy atom. The third-order valence-electron chi connectivity index (χ3n) is 2.94. The van der Waals surface area contributed by atoms with E-state index in [9.17, 15) is 9.90 Å². The van der Waals surface area contributed by atoms with Crippen molar-refractivity contribution in [2.24, 2.45) is 0 Å². The number of rotatable bonds is 6. The minimum atomic E-state index is -0.847. The van der Waals surface area contributed by atoms with Gasteiger partial charge in [0.1, 0.15) is 0 Å². The zero-order valence-electron chi connectivity index (χ0n) is 11.4. The molecule has 0 spiro atoms. The van der Waals surface area contributed by atoms with E-state index in [-0.39, 0.29) is 11.9 Å². The molecule has 1 saturated heterocycles. The van der Waals surface area contributed by atoms with Crippen molar-refractivity contribution in [2.75, 3.05) is 40.3 Å². The summed E-state index contributed by atoms with van der Waals surface area (Å²) in [7, 11) is 3.84. The summed E-state index contributed by atoms with van der Waals surface area (Å²) >= 11 is 0. The second kappa shape index (κ2) is 5.80. The van der Waals surface area contributed by atoms with Gasteiger partial charge in [-0.1, -0.05) is 6.92 Å². The van der Waals surface area contributed by atoms with Crippen molar-refractivity contribution in [1.82, 2.24) is 15.1 Å². The first-order valence-corrected chi connectivity index (χ1v) is 6.25. The van der Waals surface area contributed by atoms with Gasteiger partial charge in [-0.15, -0.1) is 0 Å². The molecule has 5 heteroatoms. The number of carbonyl (C=O) groups excluding carboxylic acids is 1.